The number of benzene rings is 3. The van der Waals surface area contributed by atoms with E-state index < -0.39 is 28.3 Å². The number of nitrogens with one attached hydrogen (secondary N) is 1. The Balaban J connectivity index is 1.93. The summed E-state index contributed by atoms with van der Waals surface area (Å²) in [6.45, 7) is -0.443. The maximum Gasteiger partial charge on any atom is 0.416 e. The molecule has 0 atom stereocenters. The van der Waals surface area contributed by atoms with Crippen LogP contribution in [0.25, 0.3) is 10.8 Å². The minimum absolute atomic E-state index is 0.0371. The van der Waals surface area contributed by atoms with Gasteiger partial charge in [0.05, 0.1) is 10.5 Å². The Labute approximate surface area is 143 Å². The van der Waals surface area contributed by atoms with Crippen molar-refractivity contribution < 1.29 is 21.6 Å². The van der Waals surface area contributed by atoms with Crippen LogP contribution in [0.2, 0.25) is 0 Å². The van der Waals surface area contributed by atoms with Crippen molar-refractivity contribution in [2.45, 2.75) is 17.6 Å². The van der Waals surface area contributed by atoms with E-state index in [1.807, 2.05) is 0 Å². The fourth-order valence-electron chi connectivity index (χ4n) is 2.63. The molecule has 0 aliphatic carbocycles. The van der Waals surface area contributed by atoms with Gasteiger partial charge in [-0.2, -0.15) is 13.2 Å². The highest BCUT2D eigenvalue weighted by molar-refractivity contribution is 7.89. The molecular weight excluding hydrogens is 351 g/mol. The van der Waals surface area contributed by atoms with Crippen LogP contribution < -0.4 is 4.72 Å². The summed E-state index contributed by atoms with van der Waals surface area (Å²) in [5.41, 5.74) is -0.977. The lowest BCUT2D eigenvalue weighted by Crippen LogP contribution is -2.25. The smallest absolute Gasteiger partial charge is 0.207 e. The van der Waals surface area contributed by atoms with Crippen molar-refractivity contribution in [3.63, 3.8) is 0 Å². The summed E-state index contributed by atoms with van der Waals surface area (Å²) in [6.07, 6.45) is -4.54. The Morgan fingerprint density at radius 1 is 0.840 bits per heavy atom. The summed E-state index contributed by atoms with van der Waals surface area (Å²) in [5.74, 6) is 0. The molecule has 3 aromatic carbocycles. The second kappa shape index (κ2) is 6.50. The zero-order valence-electron chi connectivity index (χ0n) is 12.9. The van der Waals surface area contributed by atoms with Crippen LogP contribution in [0.15, 0.2) is 71.6 Å². The maximum atomic E-state index is 13.0. The molecule has 0 aromatic heterocycles. The Hall–Kier alpha value is -2.38. The molecule has 25 heavy (non-hydrogen) atoms. The van der Waals surface area contributed by atoms with Crippen molar-refractivity contribution >= 4 is 20.8 Å². The molecule has 7 heteroatoms. The lowest BCUT2D eigenvalue weighted by molar-refractivity contribution is -0.138. The number of hydrogen-bond acceptors (Lipinski definition) is 2. The highest BCUT2D eigenvalue weighted by Gasteiger charge is 2.33. The second-order valence-electron chi connectivity index (χ2n) is 5.46. The van der Waals surface area contributed by atoms with Gasteiger partial charge in [-0.1, -0.05) is 54.6 Å². The van der Waals surface area contributed by atoms with Crippen LogP contribution in [0.4, 0.5) is 13.2 Å². The van der Waals surface area contributed by atoms with Gasteiger partial charge >= 0.3 is 6.18 Å². The highest BCUT2D eigenvalue weighted by Crippen LogP contribution is 2.32. The van der Waals surface area contributed by atoms with E-state index in [0.29, 0.717) is 5.39 Å². The molecule has 3 aromatic rings. The van der Waals surface area contributed by atoms with Crippen LogP contribution in [0.5, 0.6) is 0 Å². The van der Waals surface area contributed by atoms with E-state index in [1.54, 1.807) is 36.4 Å². The summed E-state index contributed by atoms with van der Waals surface area (Å²) in [4.78, 5) is 0.0371. The molecule has 0 amide bonds. The van der Waals surface area contributed by atoms with Gasteiger partial charge in [0.15, 0.2) is 0 Å². The number of halogens is 3. The van der Waals surface area contributed by atoms with Gasteiger partial charge in [0, 0.05) is 11.9 Å². The zero-order valence-corrected chi connectivity index (χ0v) is 13.7. The van der Waals surface area contributed by atoms with E-state index in [1.165, 1.54) is 24.3 Å². The van der Waals surface area contributed by atoms with Crippen LogP contribution in [0.3, 0.4) is 0 Å². The molecule has 3 nitrogen and oxygen atoms in total. The third-order valence-electron chi connectivity index (χ3n) is 3.81. The van der Waals surface area contributed by atoms with Gasteiger partial charge in [0.2, 0.25) is 10.0 Å². The summed E-state index contributed by atoms with van der Waals surface area (Å²) in [6, 6.07) is 16.6. The van der Waals surface area contributed by atoms with Crippen molar-refractivity contribution in [1.29, 1.82) is 0 Å². The maximum absolute atomic E-state index is 13.0. The molecule has 0 bridgehead atoms. The number of alkyl halides is 3. The van der Waals surface area contributed by atoms with Crippen LogP contribution in [0.1, 0.15) is 11.1 Å². The van der Waals surface area contributed by atoms with Gasteiger partial charge in [0.1, 0.15) is 0 Å². The Bertz CT molecular complexity index is 1010. The minimum Gasteiger partial charge on any atom is -0.207 e. The first-order valence-corrected chi connectivity index (χ1v) is 8.90. The van der Waals surface area contributed by atoms with E-state index in [9.17, 15) is 21.6 Å². The molecule has 0 aliphatic rings. The molecule has 130 valence electrons. The first-order chi connectivity index (χ1) is 11.8. The fraction of sp³-hybridized carbons (Fsp3) is 0.111. The molecule has 0 saturated heterocycles. The predicted octanol–water partition coefficient (Wildman–Crippen LogP) is 4.34. The normalized spacial score (nSPS) is 12.4. The van der Waals surface area contributed by atoms with Crippen molar-refractivity contribution in [2.24, 2.45) is 0 Å². The average molecular weight is 365 g/mol. The molecule has 0 fully saturated rings. The zero-order chi connectivity index (χ0) is 18.1. The van der Waals surface area contributed by atoms with Crippen LogP contribution in [0, 0.1) is 0 Å². The van der Waals surface area contributed by atoms with Gasteiger partial charge < -0.3 is 0 Å². The van der Waals surface area contributed by atoms with Gasteiger partial charge in [-0.25, -0.2) is 13.1 Å². The molecule has 0 radical (unpaired) electrons. The molecule has 0 unspecified atom stereocenters. The summed E-state index contributed by atoms with van der Waals surface area (Å²) < 4.78 is 66.5. The SMILES string of the molecule is O=S(=O)(NCc1ccccc1C(F)(F)F)c1cccc2ccccc12. The predicted molar refractivity (Wildman–Crippen MR) is 89.4 cm³/mol. The third-order valence-corrected chi connectivity index (χ3v) is 5.27. The quantitative estimate of drug-likeness (QED) is 0.748. The lowest BCUT2D eigenvalue weighted by Gasteiger charge is -2.14. The number of rotatable bonds is 4. The Kier molecular flexibility index (Phi) is 4.53. The molecule has 0 heterocycles. The van der Waals surface area contributed by atoms with Gasteiger partial charge in [-0.15, -0.1) is 0 Å². The topological polar surface area (TPSA) is 46.2 Å². The average Bonchev–Trinajstić information content (AvgIpc) is 2.59. The van der Waals surface area contributed by atoms with Crippen LogP contribution in [-0.4, -0.2) is 8.42 Å². The highest BCUT2D eigenvalue weighted by atomic mass is 32.2. The van der Waals surface area contributed by atoms with E-state index in [-0.39, 0.29) is 10.5 Å². The van der Waals surface area contributed by atoms with E-state index >= 15 is 0 Å². The Morgan fingerprint density at radius 3 is 2.24 bits per heavy atom. The molecule has 1 N–H and O–H groups in total. The standard InChI is InChI=1S/C18H14F3NO2S/c19-18(20,21)16-10-4-2-7-14(16)12-22-25(23,24)17-11-5-8-13-6-1-3-9-15(13)17/h1-11,22H,12H2. The molecule has 3 rings (SSSR count). The molecule has 0 spiro atoms. The van der Waals surface area contributed by atoms with Crippen molar-refractivity contribution in [1.82, 2.24) is 4.72 Å². The first-order valence-electron chi connectivity index (χ1n) is 7.41. The van der Waals surface area contributed by atoms with Crippen LogP contribution >= 0.6 is 0 Å². The number of sulfonamides is 1. The number of fused-ring (bicyclic) bond motifs is 1. The van der Waals surface area contributed by atoms with E-state index in [2.05, 4.69) is 4.72 Å². The summed E-state index contributed by atoms with van der Waals surface area (Å²) in [7, 11) is -3.96. The fourth-order valence-corrected chi connectivity index (χ4v) is 3.87. The van der Waals surface area contributed by atoms with Gasteiger partial charge in [0.25, 0.3) is 0 Å². The largest absolute Gasteiger partial charge is 0.416 e. The first kappa shape index (κ1) is 17.4. The van der Waals surface area contributed by atoms with Crippen molar-refractivity contribution in [3.8, 4) is 0 Å². The second-order valence-corrected chi connectivity index (χ2v) is 7.19. The molecular formula is C18H14F3NO2S. The third kappa shape index (κ3) is 3.67. The van der Waals surface area contributed by atoms with E-state index in [0.717, 1.165) is 11.5 Å². The van der Waals surface area contributed by atoms with Crippen molar-refractivity contribution in [3.05, 3.63) is 77.9 Å². The monoisotopic (exact) mass is 365 g/mol. The lowest BCUT2D eigenvalue weighted by atomic mass is 10.1. The minimum atomic E-state index is -4.54. The van der Waals surface area contributed by atoms with Crippen LogP contribution in [-0.2, 0) is 22.7 Å². The summed E-state index contributed by atoms with van der Waals surface area (Å²) in [5, 5.41) is 1.25. The molecule has 0 aliphatic heterocycles. The number of hydrogen-bond donors (Lipinski definition) is 1. The Morgan fingerprint density at radius 2 is 1.48 bits per heavy atom. The van der Waals surface area contributed by atoms with E-state index in [4.69, 9.17) is 0 Å². The summed E-state index contributed by atoms with van der Waals surface area (Å²) >= 11 is 0. The van der Waals surface area contributed by atoms with Crippen molar-refractivity contribution in [2.75, 3.05) is 0 Å². The van der Waals surface area contributed by atoms with Gasteiger partial charge in [-0.3, -0.25) is 0 Å². The van der Waals surface area contributed by atoms with Gasteiger partial charge in [-0.05, 0) is 23.1 Å². The molecule has 0 saturated carbocycles.